The lowest BCUT2D eigenvalue weighted by molar-refractivity contribution is -0.0482. The second kappa shape index (κ2) is 4.97. The second-order valence-electron chi connectivity index (χ2n) is 4.98. The standard InChI is InChI=1S/C11H22O2/c1-11(2,3)7-5-4-6-10-12-8-9-13-10/h10H,4-9H2,1-3H3. The minimum atomic E-state index is 0.0972. The molecule has 78 valence electrons. The van der Waals surface area contributed by atoms with E-state index in [0.717, 1.165) is 19.6 Å². The maximum atomic E-state index is 5.36. The van der Waals surface area contributed by atoms with Crippen molar-refractivity contribution in [2.24, 2.45) is 5.41 Å². The molecule has 2 heteroatoms. The van der Waals surface area contributed by atoms with Crippen molar-refractivity contribution in [2.45, 2.75) is 52.7 Å². The summed E-state index contributed by atoms with van der Waals surface area (Å²) >= 11 is 0. The molecule has 0 amide bonds. The fourth-order valence-corrected chi connectivity index (χ4v) is 1.54. The van der Waals surface area contributed by atoms with Gasteiger partial charge in [0.1, 0.15) is 0 Å². The Morgan fingerprint density at radius 3 is 2.23 bits per heavy atom. The molecule has 0 aliphatic carbocycles. The zero-order valence-electron chi connectivity index (χ0n) is 9.14. The Labute approximate surface area is 81.6 Å². The van der Waals surface area contributed by atoms with Crippen LogP contribution in [0.5, 0.6) is 0 Å². The van der Waals surface area contributed by atoms with E-state index in [9.17, 15) is 0 Å². The zero-order valence-corrected chi connectivity index (χ0v) is 9.14. The zero-order chi connectivity index (χ0) is 9.73. The molecule has 13 heavy (non-hydrogen) atoms. The van der Waals surface area contributed by atoms with Crippen LogP contribution >= 0.6 is 0 Å². The molecule has 1 aliphatic rings. The molecule has 1 aliphatic heterocycles. The van der Waals surface area contributed by atoms with Crippen LogP contribution in [0.4, 0.5) is 0 Å². The van der Waals surface area contributed by atoms with E-state index in [4.69, 9.17) is 9.47 Å². The van der Waals surface area contributed by atoms with Crippen LogP contribution in [0.3, 0.4) is 0 Å². The summed E-state index contributed by atoms with van der Waals surface area (Å²) in [6.45, 7) is 8.43. The summed E-state index contributed by atoms with van der Waals surface area (Å²) in [5, 5.41) is 0. The molecule has 0 aromatic carbocycles. The normalized spacial score (nSPS) is 19.6. The molecule has 0 aromatic rings. The highest BCUT2D eigenvalue weighted by Crippen LogP contribution is 2.23. The highest BCUT2D eigenvalue weighted by molar-refractivity contribution is 4.62. The first kappa shape index (κ1) is 11.0. The third-order valence-corrected chi connectivity index (χ3v) is 2.31. The summed E-state index contributed by atoms with van der Waals surface area (Å²) in [4.78, 5) is 0. The smallest absolute Gasteiger partial charge is 0.157 e. The van der Waals surface area contributed by atoms with E-state index in [-0.39, 0.29) is 6.29 Å². The minimum Gasteiger partial charge on any atom is -0.350 e. The van der Waals surface area contributed by atoms with E-state index >= 15 is 0 Å². The third-order valence-electron chi connectivity index (χ3n) is 2.31. The van der Waals surface area contributed by atoms with Crippen molar-refractivity contribution in [1.82, 2.24) is 0 Å². The van der Waals surface area contributed by atoms with Gasteiger partial charge in [-0.3, -0.25) is 0 Å². The second-order valence-corrected chi connectivity index (χ2v) is 4.98. The molecule has 0 spiro atoms. The van der Waals surface area contributed by atoms with Gasteiger partial charge >= 0.3 is 0 Å². The molecule has 0 saturated carbocycles. The number of hydrogen-bond acceptors (Lipinski definition) is 2. The van der Waals surface area contributed by atoms with Crippen molar-refractivity contribution in [3.05, 3.63) is 0 Å². The van der Waals surface area contributed by atoms with Crippen molar-refractivity contribution >= 4 is 0 Å². The SMILES string of the molecule is CC(C)(C)CCCCC1OCCO1. The van der Waals surface area contributed by atoms with Gasteiger partial charge in [0.2, 0.25) is 0 Å². The van der Waals surface area contributed by atoms with E-state index in [1.807, 2.05) is 0 Å². The molecule has 0 aromatic heterocycles. The van der Waals surface area contributed by atoms with Crippen molar-refractivity contribution in [2.75, 3.05) is 13.2 Å². The number of ether oxygens (including phenoxy) is 2. The van der Waals surface area contributed by atoms with Gasteiger partial charge in [0.15, 0.2) is 6.29 Å². The molecule has 0 atom stereocenters. The van der Waals surface area contributed by atoms with E-state index in [1.54, 1.807) is 0 Å². The van der Waals surface area contributed by atoms with Crippen LogP contribution in [0.15, 0.2) is 0 Å². The van der Waals surface area contributed by atoms with Gasteiger partial charge in [-0.25, -0.2) is 0 Å². The summed E-state index contributed by atoms with van der Waals surface area (Å²) in [7, 11) is 0. The van der Waals surface area contributed by atoms with Crippen LogP contribution in [0.25, 0.3) is 0 Å². The Balaban J connectivity index is 1.94. The molecular weight excluding hydrogens is 164 g/mol. The molecular formula is C11H22O2. The van der Waals surface area contributed by atoms with Gasteiger partial charge in [-0.2, -0.15) is 0 Å². The molecule has 1 heterocycles. The summed E-state index contributed by atoms with van der Waals surface area (Å²) in [6, 6.07) is 0. The lowest BCUT2D eigenvalue weighted by Gasteiger charge is -2.18. The fourth-order valence-electron chi connectivity index (χ4n) is 1.54. The number of rotatable bonds is 4. The first-order valence-corrected chi connectivity index (χ1v) is 5.31. The quantitative estimate of drug-likeness (QED) is 0.628. The highest BCUT2D eigenvalue weighted by Gasteiger charge is 2.15. The first-order chi connectivity index (χ1) is 6.08. The average molecular weight is 186 g/mol. The molecule has 2 nitrogen and oxygen atoms in total. The van der Waals surface area contributed by atoms with Gasteiger partial charge in [-0.05, 0) is 24.7 Å². The molecule has 1 fully saturated rings. The Kier molecular flexibility index (Phi) is 4.20. The Morgan fingerprint density at radius 1 is 1.08 bits per heavy atom. The monoisotopic (exact) mass is 186 g/mol. The van der Waals surface area contributed by atoms with E-state index < -0.39 is 0 Å². The van der Waals surface area contributed by atoms with Gasteiger partial charge in [0, 0.05) is 0 Å². The summed E-state index contributed by atoms with van der Waals surface area (Å²) in [5.41, 5.74) is 0.470. The van der Waals surface area contributed by atoms with Crippen LogP contribution in [0.2, 0.25) is 0 Å². The van der Waals surface area contributed by atoms with Crippen LogP contribution in [-0.2, 0) is 9.47 Å². The largest absolute Gasteiger partial charge is 0.350 e. The van der Waals surface area contributed by atoms with Gasteiger partial charge in [0.05, 0.1) is 13.2 Å². The van der Waals surface area contributed by atoms with E-state index in [2.05, 4.69) is 20.8 Å². The lowest BCUT2D eigenvalue weighted by atomic mass is 9.89. The molecule has 0 bridgehead atoms. The molecule has 0 N–H and O–H groups in total. The predicted octanol–water partition coefficient (Wildman–Crippen LogP) is 2.97. The summed E-state index contributed by atoms with van der Waals surface area (Å²) < 4.78 is 10.7. The molecule has 1 saturated heterocycles. The van der Waals surface area contributed by atoms with Crippen molar-refractivity contribution < 1.29 is 9.47 Å². The van der Waals surface area contributed by atoms with Gasteiger partial charge in [-0.1, -0.05) is 27.2 Å². The first-order valence-electron chi connectivity index (χ1n) is 5.31. The Morgan fingerprint density at radius 2 is 1.69 bits per heavy atom. The van der Waals surface area contributed by atoms with Gasteiger partial charge in [0.25, 0.3) is 0 Å². The average Bonchev–Trinajstić information content (AvgIpc) is 2.48. The highest BCUT2D eigenvalue weighted by atomic mass is 16.7. The predicted molar refractivity (Wildman–Crippen MR) is 53.6 cm³/mol. The Hall–Kier alpha value is -0.0800. The van der Waals surface area contributed by atoms with Crippen LogP contribution in [-0.4, -0.2) is 19.5 Å². The third kappa shape index (κ3) is 5.27. The molecule has 0 radical (unpaired) electrons. The van der Waals surface area contributed by atoms with Crippen molar-refractivity contribution in [1.29, 1.82) is 0 Å². The van der Waals surface area contributed by atoms with E-state index in [0.29, 0.717) is 5.41 Å². The fraction of sp³-hybridized carbons (Fsp3) is 1.00. The Bertz CT molecular complexity index is 132. The van der Waals surface area contributed by atoms with Crippen LogP contribution in [0.1, 0.15) is 46.5 Å². The number of unbranched alkanes of at least 4 members (excludes halogenated alkanes) is 1. The maximum Gasteiger partial charge on any atom is 0.157 e. The maximum absolute atomic E-state index is 5.36. The van der Waals surface area contributed by atoms with Crippen molar-refractivity contribution in [3.63, 3.8) is 0 Å². The van der Waals surface area contributed by atoms with E-state index in [1.165, 1.54) is 19.3 Å². The summed E-state index contributed by atoms with van der Waals surface area (Å²) in [6.07, 6.45) is 4.96. The molecule has 1 rings (SSSR count). The lowest BCUT2D eigenvalue weighted by Crippen LogP contribution is -2.08. The topological polar surface area (TPSA) is 18.5 Å². The van der Waals surface area contributed by atoms with Crippen LogP contribution in [0, 0.1) is 5.41 Å². The summed E-state index contributed by atoms with van der Waals surface area (Å²) in [5.74, 6) is 0. The minimum absolute atomic E-state index is 0.0972. The van der Waals surface area contributed by atoms with Crippen LogP contribution < -0.4 is 0 Å². The number of hydrogen-bond donors (Lipinski definition) is 0. The van der Waals surface area contributed by atoms with Gasteiger partial charge in [-0.15, -0.1) is 0 Å². The van der Waals surface area contributed by atoms with Crippen molar-refractivity contribution in [3.8, 4) is 0 Å². The van der Waals surface area contributed by atoms with Gasteiger partial charge < -0.3 is 9.47 Å². The molecule has 0 unspecified atom stereocenters.